The molecule has 2 N–H and O–H groups in total. The third kappa shape index (κ3) is 4.08. The molecule has 1 atom stereocenters. The minimum atomic E-state index is 0.273. The molecular weight excluding hydrogens is 252 g/mol. The number of hydrogen-bond acceptors (Lipinski definition) is 3. The van der Waals surface area contributed by atoms with Crippen molar-refractivity contribution in [2.75, 3.05) is 11.9 Å². The van der Waals surface area contributed by atoms with Crippen LogP contribution >= 0.6 is 11.3 Å². The maximum atomic E-state index is 5.98. The summed E-state index contributed by atoms with van der Waals surface area (Å²) >= 11 is 1.80. The molecule has 2 nitrogen and oxygen atoms in total. The third-order valence-corrected chi connectivity index (χ3v) is 4.23. The van der Waals surface area contributed by atoms with Crippen molar-refractivity contribution < 1.29 is 0 Å². The molecule has 0 aliphatic rings. The predicted octanol–water partition coefficient (Wildman–Crippen LogP) is 3.66. The van der Waals surface area contributed by atoms with E-state index >= 15 is 0 Å². The SMILES string of the molecule is CCC(N)Cc1ccc(N(C)Cc2cccs2)cc1. The summed E-state index contributed by atoms with van der Waals surface area (Å²) in [6.45, 7) is 3.10. The lowest BCUT2D eigenvalue weighted by Gasteiger charge is -2.19. The van der Waals surface area contributed by atoms with Gasteiger partial charge in [-0.05, 0) is 42.0 Å². The number of rotatable bonds is 6. The number of nitrogens with two attached hydrogens (primary N) is 1. The largest absolute Gasteiger partial charge is 0.369 e. The molecule has 0 bridgehead atoms. The van der Waals surface area contributed by atoms with Gasteiger partial charge in [-0.15, -0.1) is 11.3 Å². The van der Waals surface area contributed by atoms with Crippen LogP contribution in [0.25, 0.3) is 0 Å². The summed E-state index contributed by atoms with van der Waals surface area (Å²) in [5.74, 6) is 0. The molecule has 0 aliphatic carbocycles. The number of benzene rings is 1. The fraction of sp³-hybridized carbons (Fsp3) is 0.375. The molecule has 0 saturated heterocycles. The van der Waals surface area contributed by atoms with Gasteiger partial charge in [0.1, 0.15) is 0 Å². The third-order valence-electron chi connectivity index (χ3n) is 3.37. The normalized spacial score (nSPS) is 12.4. The topological polar surface area (TPSA) is 29.3 Å². The first-order valence-electron chi connectivity index (χ1n) is 6.77. The lowest BCUT2D eigenvalue weighted by atomic mass is 10.0. The molecule has 1 aromatic carbocycles. The summed E-state index contributed by atoms with van der Waals surface area (Å²) in [6.07, 6.45) is 1.99. The van der Waals surface area contributed by atoms with Crippen molar-refractivity contribution in [1.82, 2.24) is 0 Å². The van der Waals surface area contributed by atoms with Gasteiger partial charge in [-0.1, -0.05) is 25.1 Å². The van der Waals surface area contributed by atoms with Gasteiger partial charge in [0.25, 0.3) is 0 Å². The molecule has 2 rings (SSSR count). The zero-order valence-corrected chi connectivity index (χ0v) is 12.5. The first-order valence-corrected chi connectivity index (χ1v) is 7.65. The van der Waals surface area contributed by atoms with Crippen molar-refractivity contribution in [1.29, 1.82) is 0 Å². The molecule has 0 fully saturated rings. The van der Waals surface area contributed by atoms with Crippen molar-refractivity contribution in [3.63, 3.8) is 0 Å². The fourth-order valence-electron chi connectivity index (χ4n) is 2.06. The van der Waals surface area contributed by atoms with Crippen LogP contribution < -0.4 is 10.6 Å². The minimum Gasteiger partial charge on any atom is -0.369 e. The van der Waals surface area contributed by atoms with E-state index in [2.05, 4.69) is 60.6 Å². The second-order valence-electron chi connectivity index (χ2n) is 4.97. The number of anilines is 1. The first-order chi connectivity index (χ1) is 9.19. The molecule has 0 aliphatic heterocycles. The van der Waals surface area contributed by atoms with E-state index in [4.69, 9.17) is 5.73 Å². The van der Waals surface area contributed by atoms with Crippen molar-refractivity contribution >= 4 is 17.0 Å². The van der Waals surface area contributed by atoms with E-state index in [1.165, 1.54) is 16.1 Å². The van der Waals surface area contributed by atoms with Gasteiger partial charge in [-0.25, -0.2) is 0 Å². The Hall–Kier alpha value is -1.32. The van der Waals surface area contributed by atoms with E-state index in [-0.39, 0.29) is 6.04 Å². The van der Waals surface area contributed by atoms with Gasteiger partial charge in [0, 0.05) is 23.7 Å². The zero-order chi connectivity index (χ0) is 13.7. The highest BCUT2D eigenvalue weighted by atomic mass is 32.1. The van der Waals surface area contributed by atoms with Crippen LogP contribution in [-0.4, -0.2) is 13.1 Å². The molecule has 19 heavy (non-hydrogen) atoms. The fourth-order valence-corrected chi connectivity index (χ4v) is 2.82. The summed E-state index contributed by atoms with van der Waals surface area (Å²) in [5, 5.41) is 2.12. The maximum Gasteiger partial charge on any atom is 0.0519 e. The van der Waals surface area contributed by atoms with Crippen LogP contribution in [0.2, 0.25) is 0 Å². The van der Waals surface area contributed by atoms with E-state index in [0.29, 0.717) is 0 Å². The molecule has 1 aromatic heterocycles. The van der Waals surface area contributed by atoms with Gasteiger partial charge in [-0.3, -0.25) is 0 Å². The Morgan fingerprint density at radius 2 is 1.95 bits per heavy atom. The van der Waals surface area contributed by atoms with Crippen LogP contribution in [0.5, 0.6) is 0 Å². The van der Waals surface area contributed by atoms with Crippen LogP contribution in [0.4, 0.5) is 5.69 Å². The van der Waals surface area contributed by atoms with Gasteiger partial charge < -0.3 is 10.6 Å². The van der Waals surface area contributed by atoms with Gasteiger partial charge in [0.2, 0.25) is 0 Å². The van der Waals surface area contributed by atoms with E-state index in [0.717, 1.165) is 19.4 Å². The second kappa shape index (κ2) is 6.73. The van der Waals surface area contributed by atoms with Gasteiger partial charge >= 0.3 is 0 Å². The smallest absolute Gasteiger partial charge is 0.0519 e. The standard InChI is InChI=1S/C16H22N2S/c1-3-14(17)11-13-6-8-15(9-7-13)18(2)12-16-5-4-10-19-16/h4-10,14H,3,11-12,17H2,1-2H3. The van der Waals surface area contributed by atoms with Crippen molar-refractivity contribution in [2.24, 2.45) is 5.73 Å². The van der Waals surface area contributed by atoms with Crippen LogP contribution in [0.15, 0.2) is 41.8 Å². The van der Waals surface area contributed by atoms with Crippen LogP contribution in [0, 0.1) is 0 Å². The summed E-state index contributed by atoms with van der Waals surface area (Å²) < 4.78 is 0. The minimum absolute atomic E-state index is 0.273. The Balaban J connectivity index is 1.97. The average molecular weight is 274 g/mol. The van der Waals surface area contributed by atoms with E-state index in [9.17, 15) is 0 Å². The van der Waals surface area contributed by atoms with Crippen LogP contribution in [0.3, 0.4) is 0 Å². The maximum absolute atomic E-state index is 5.98. The lowest BCUT2D eigenvalue weighted by Crippen LogP contribution is -2.21. The Bertz CT molecular complexity index is 476. The predicted molar refractivity (Wildman–Crippen MR) is 84.8 cm³/mol. The highest BCUT2D eigenvalue weighted by molar-refractivity contribution is 7.09. The molecule has 0 saturated carbocycles. The van der Waals surface area contributed by atoms with Crippen molar-refractivity contribution in [2.45, 2.75) is 32.4 Å². The van der Waals surface area contributed by atoms with E-state index in [1.807, 2.05) is 0 Å². The summed E-state index contributed by atoms with van der Waals surface area (Å²) in [5.41, 5.74) is 8.56. The zero-order valence-electron chi connectivity index (χ0n) is 11.7. The average Bonchev–Trinajstić information content (AvgIpc) is 2.92. The second-order valence-corrected chi connectivity index (χ2v) is 6.01. The first kappa shape index (κ1) is 14.1. The summed E-state index contributed by atoms with van der Waals surface area (Å²) in [6, 6.07) is 13.3. The Morgan fingerprint density at radius 3 is 2.53 bits per heavy atom. The molecule has 2 aromatic rings. The number of nitrogens with zero attached hydrogens (tertiary/aromatic N) is 1. The Labute approximate surface area is 119 Å². The molecule has 0 spiro atoms. The summed E-state index contributed by atoms with van der Waals surface area (Å²) in [7, 11) is 2.13. The monoisotopic (exact) mass is 274 g/mol. The Morgan fingerprint density at radius 1 is 1.21 bits per heavy atom. The van der Waals surface area contributed by atoms with E-state index < -0.39 is 0 Å². The number of hydrogen-bond donors (Lipinski definition) is 1. The quantitative estimate of drug-likeness (QED) is 0.871. The Kier molecular flexibility index (Phi) is 5.00. The summed E-state index contributed by atoms with van der Waals surface area (Å²) in [4.78, 5) is 3.66. The van der Waals surface area contributed by atoms with Gasteiger partial charge in [-0.2, -0.15) is 0 Å². The van der Waals surface area contributed by atoms with Crippen LogP contribution in [0.1, 0.15) is 23.8 Å². The molecule has 3 heteroatoms. The number of thiophene rings is 1. The molecular formula is C16H22N2S. The van der Waals surface area contributed by atoms with E-state index in [1.54, 1.807) is 11.3 Å². The molecule has 0 radical (unpaired) electrons. The molecule has 1 unspecified atom stereocenters. The van der Waals surface area contributed by atoms with Crippen molar-refractivity contribution in [3.8, 4) is 0 Å². The van der Waals surface area contributed by atoms with Gasteiger partial charge in [0.05, 0.1) is 6.54 Å². The lowest BCUT2D eigenvalue weighted by molar-refractivity contribution is 0.646. The molecule has 1 heterocycles. The van der Waals surface area contributed by atoms with Crippen molar-refractivity contribution in [3.05, 3.63) is 52.2 Å². The molecule has 0 amide bonds. The highest BCUT2D eigenvalue weighted by Gasteiger charge is 2.05. The molecule has 102 valence electrons. The van der Waals surface area contributed by atoms with Crippen LogP contribution in [-0.2, 0) is 13.0 Å². The highest BCUT2D eigenvalue weighted by Crippen LogP contribution is 2.19. The van der Waals surface area contributed by atoms with Gasteiger partial charge in [0.15, 0.2) is 0 Å².